The van der Waals surface area contributed by atoms with E-state index in [4.69, 9.17) is 0 Å². The molecule has 1 N–H and O–H groups in total. The van der Waals surface area contributed by atoms with E-state index in [2.05, 4.69) is 49.8 Å². The Kier molecular flexibility index (Phi) is 6.06. The molecule has 0 unspecified atom stereocenters. The van der Waals surface area contributed by atoms with Crippen molar-refractivity contribution in [2.45, 2.75) is 18.6 Å². The van der Waals surface area contributed by atoms with Gasteiger partial charge in [-0.25, -0.2) is 0 Å². The highest BCUT2D eigenvalue weighted by Crippen LogP contribution is 2.22. The first-order chi connectivity index (χ1) is 13.8. The van der Waals surface area contributed by atoms with Gasteiger partial charge in [-0.3, -0.25) is 4.79 Å². The van der Waals surface area contributed by atoms with E-state index in [1.807, 2.05) is 30.0 Å². The summed E-state index contributed by atoms with van der Waals surface area (Å²) >= 11 is 1.85. The van der Waals surface area contributed by atoms with Gasteiger partial charge in [0, 0.05) is 37.1 Å². The molecular formula is C20H24N6OS. The van der Waals surface area contributed by atoms with E-state index in [-0.39, 0.29) is 11.8 Å². The highest BCUT2D eigenvalue weighted by Gasteiger charge is 2.25. The number of nitrogens with one attached hydrogen (secondary N) is 1. The summed E-state index contributed by atoms with van der Waals surface area (Å²) in [4.78, 5) is 14.7. The molecule has 7 nitrogen and oxygen atoms in total. The molecule has 2 aromatic heterocycles. The second kappa shape index (κ2) is 9.05. The zero-order valence-electron chi connectivity index (χ0n) is 15.7. The molecule has 3 heterocycles. The molecule has 1 aromatic carbocycles. The summed E-state index contributed by atoms with van der Waals surface area (Å²) in [6.07, 6.45) is 3.31. The van der Waals surface area contributed by atoms with Crippen LogP contribution in [0.2, 0.25) is 0 Å². The Morgan fingerprint density at radius 1 is 1.14 bits per heavy atom. The smallest absolute Gasteiger partial charge is 0.223 e. The molecule has 0 saturated carbocycles. The molecule has 28 heavy (non-hydrogen) atoms. The van der Waals surface area contributed by atoms with Crippen molar-refractivity contribution in [3.05, 3.63) is 54.4 Å². The second-order valence-corrected chi connectivity index (χ2v) is 8.02. The van der Waals surface area contributed by atoms with Crippen LogP contribution in [0.15, 0.2) is 48.8 Å². The van der Waals surface area contributed by atoms with Crippen molar-refractivity contribution < 1.29 is 4.79 Å². The van der Waals surface area contributed by atoms with Crippen LogP contribution in [0.5, 0.6) is 0 Å². The van der Waals surface area contributed by atoms with Gasteiger partial charge in [0.1, 0.15) is 12.1 Å². The highest BCUT2D eigenvalue weighted by molar-refractivity contribution is 7.98. The molecule has 0 radical (unpaired) electrons. The van der Waals surface area contributed by atoms with Gasteiger partial charge in [0.2, 0.25) is 5.91 Å². The van der Waals surface area contributed by atoms with Crippen LogP contribution in [0.1, 0.15) is 18.4 Å². The maximum absolute atomic E-state index is 12.4. The van der Waals surface area contributed by atoms with Crippen molar-refractivity contribution in [2.24, 2.45) is 5.92 Å². The summed E-state index contributed by atoms with van der Waals surface area (Å²) in [5, 5.41) is 15.5. The van der Waals surface area contributed by atoms with Gasteiger partial charge >= 0.3 is 0 Å². The molecule has 1 amide bonds. The molecule has 4 rings (SSSR count). The van der Waals surface area contributed by atoms with Crippen LogP contribution in [0.25, 0.3) is 5.65 Å². The average Bonchev–Trinajstić information content (AvgIpc) is 3.22. The van der Waals surface area contributed by atoms with Crippen molar-refractivity contribution in [1.29, 1.82) is 0 Å². The highest BCUT2D eigenvalue weighted by atomic mass is 32.2. The van der Waals surface area contributed by atoms with Gasteiger partial charge in [-0.1, -0.05) is 30.3 Å². The lowest BCUT2D eigenvalue weighted by atomic mass is 9.96. The molecule has 0 spiro atoms. The number of nitrogens with zero attached hydrogens (tertiary/aromatic N) is 5. The van der Waals surface area contributed by atoms with Crippen LogP contribution >= 0.6 is 11.8 Å². The minimum absolute atomic E-state index is 0.0917. The predicted molar refractivity (Wildman–Crippen MR) is 111 cm³/mol. The van der Waals surface area contributed by atoms with Gasteiger partial charge in [-0.15, -0.1) is 15.3 Å². The lowest BCUT2D eigenvalue weighted by Crippen LogP contribution is -2.41. The summed E-state index contributed by atoms with van der Waals surface area (Å²) in [6.45, 7) is 2.39. The van der Waals surface area contributed by atoms with E-state index >= 15 is 0 Å². The lowest BCUT2D eigenvalue weighted by Gasteiger charge is -2.32. The van der Waals surface area contributed by atoms with Crippen LogP contribution in [0.3, 0.4) is 0 Å². The molecule has 1 fully saturated rings. The fraction of sp³-hybridized carbons (Fsp3) is 0.400. The molecule has 3 aromatic rings. The van der Waals surface area contributed by atoms with Crippen LogP contribution in [-0.4, -0.2) is 51.1 Å². The Balaban J connectivity index is 1.17. The molecular weight excluding hydrogens is 372 g/mol. The molecule has 1 saturated heterocycles. The minimum Gasteiger partial charge on any atom is -0.355 e. The number of carbonyl (C=O) groups excluding carboxylic acids is 1. The van der Waals surface area contributed by atoms with Gasteiger partial charge < -0.3 is 10.2 Å². The van der Waals surface area contributed by atoms with Crippen molar-refractivity contribution in [3.63, 3.8) is 0 Å². The quantitative estimate of drug-likeness (QED) is 0.618. The van der Waals surface area contributed by atoms with Crippen LogP contribution in [0, 0.1) is 5.92 Å². The number of piperidine rings is 1. The molecule has 0 atom stereocenters. The van der Waals surface area contributed by atoms with Gasteiger partial charge in [0.25, 0.3) is 0 Å². The molecule has 0 bridgehead atoms. The summed E-state index contributed by atoms with van der Waals surface area (Å²) in [7, 11) is 0. The Morgan fingerprint density at radius 2 is 1.96 bits per heavy atom. The number of carbonyl (C=O) groups is 1. The first kappa shape index (κ1) is 18.7. The second-order valence-electron chi connectivity index (χ2n) is 6.92. The minimum atomic E-state index is 0.0917. The number of hydrogen-bond donors (Lipinski definition) is 1. The standard InChI is InChI=1S/C20H24N6OS/c27-20(21-10-13-28-14-16-4-2-1-3-5-16)17-8-11-25(12-9-17)19-7-6-18-23-22-15-26(18)24-19/h1-7,15,17H,8-14H2,(H,21,27). The Bertz CT molecular complexity index is 907. The van der Waals surface area contributed by atoms with E-state index in [0.717, 1.165) is 55.4 Å². The van der Waals surface area contributed by atoms with Crippen molar-refractivity contribution >= 4 is 29.1 Å². The third-order valence-electron chi connectivity index (χ3n) is 4.99. The lowest BCUT2D eigenvalue weighted by molar-refractivity contribution is -0.125. The summed E-state index contributed by atoms with van der Waals surface area (Å²) in [5.74, 6) is 3.10. The summed E-state index contributed by atoms with van der Waals surface area (Å²) in [6, 6.07) is 14.3. The topological polar surface area (TPSA) is 75.4 Å². The molecule has 8 heteroatoms. The molecule has 146 valence electrons. The van der Waals surface area contributed by atoms with Crippen LogP contribution in [0.4, 0.5) is 5.82 Å². The number of hydrogen-bond acceptors (Lipinski definition) is 6. The number of amides is 1. The van der Waals surface area contributed by atoms with E-state index in [1.54, 1.807) is 10.8 Å². The van der Waals surface area contributed by atoms with E-state index in [1.165, 1.54) is 5.56 Å². The van der Waals surface area contributed by atoms with Gasteiger partial charge in [-0.2, -0.15) is 16.3 Å². The summed E-state index contributed by atoms with van der Waals surface area (Å²) in [5.41, 5.74) is 2.06. The van der Waals surface area contributed by atoms with E-state index < -0.39 is 0 Å². The largest absolute Gasteiger partial charge is 0.355 e. The van der Waals surface area contributed by atoms with Gasteiger partial charge in [0.05, 0.1) is 0 Å². The Labute approximate surface area is 168 Å². The maximum Gasteiger partial charge on any atom is 0.223 e. The first-order valence-corrected chi connectivity index (χ1v) is 10.8. The molecule has 1 aliphatic heterocycles. The maximum atomic E-state index is 12.4. The van der Waals surface area contributed by atoms with Crippen LogP contribution < -0.4 is 10.2 Å². The van der Waals surface area contributed by atoms with Crippen molar-refractivity contribution in [2.75, 3.05) is 30.3 Å². The zero-order valence-corrected chi connectivity index (χ0v) is 16.5. The monoisotopic (exact) mass is 396 g/mol. The summed E-state index contributed by atoms with van der Waals surface area (Å²) < 4.78 is 1.68. The van der Waals surface area contributed by atoms with E-state index in [0.29, 0.717) is 0 Å². The number of benzene rings is 1. The first-order valence-electron chi connectivity index (χ1n) is 9.61. The molecule has 0 aliphatic carbocycles. The fourth-order valence-corrected chi connectivity index (χ4v) is 4.23. The van der Waals surface area contributed by atoms with Crippen LogP contribution in [-0.2, 0) is 10.5 Å². The van der Waals surface area contributed by atoms with E-state index in [9.17, 15) is 4.79 Å². The zero-order chi connectivity index (χ0) is 19.2. The third-order valence-corrected chi connectivity index (χ3v) is 6.02. The van der Waals surface area contributed by atoms with Crippen molar-refractivity contribution in [1.82, 2.24) is 25.1 Å². The number of rotatable bonds is 7. The van der Waals surface area contributed by atoms with Gasteiger partial charge in [0.15, 0.2) is 5.65 Å². The fourth-order valence-electron chi connectivity index (χ4n) is 3.41. The predicted octanol–water partition coefficient (Wildman–Crippen LogP) is 2.39. The Morgan fingerprint density at radius 3 is 2.79 bits per heavy atom. The number of fused-ring (bicyclic) bond motifs is 1. The molecule has 1 aliphatic rings. The number of anilines is 1. The normalized spacial score (nSPS) is 15.1. The SMILES string of the molecule is O=C(NCCSCc1ccccc1)C1CCN(c2ccc3nncn3n2)CC1. The third kappa shape index (κ3) is 4.62. The number of aromatic nitrogens is 4. The number of thioether (sulfide) groups is 1. The Hall–Kier alpha value is -2.61. The van der Waals surface area contributed by atoms with Gasteiger partial charge in [-0.05, 0) is 30.5 Å². The average molecular weight is 397 g/mol. The van der Waals surface area contributed by atoms with Crippen molar-refractivity contribution in [3.8, 4) is 0 Å².